The molecule has 0 fully saturated rings. The van der Waals surface area contributed by atoms with Crippen molar-refractivity contribution in [2.45, 2.75) is 19.4 Å². The molecule has 0 N–H and O–H groups in total. The minimum atomic E-state index is -0.724. The minimum absolute atomic E-state index is 0.00421. The molecule has 1 aliphatic rings. The molecule has 2 heterocycles. The standard InChI is InChI=1S/C26H19BrFNO4/c1-2-13-32-19-10-3-15(4-11-19)23-22-24(30)20-14-16(27)5-12-21(20)33-25(22)26(31)29(23)18-8-6-17(28)7-9-18/h3-12,14,23H,2,13H2,1H3. The van der Waals surface area contributed by atoms with Crippen LogP contribution in [0, 0.1) is 5.82 Å². The van der Waals surface area contributed by atoms with Crippen molar-refractivity contribution in [3.8, 4) is 5.75 Å². The van der Waals surface area contributed by atoms with E-state index in [0.29, 0.717) is 29.0 Å². The lowest BCUT2D eigenvalue weighted by atomic mass is 9.98. The second-order valence-electron chi connectivity index (χ2n) is 7.79. The number of carbonyl (C=O) groups excluding carboxylic acids is 1. The van der Waals surface area contributed by atoms with Crippen LogP contribution in [0.2, 0.25) is 0 Å². The van der Waals surface area contributed by atoms with Crippen LogP contribution in [0.5, 0.6) is 5.75 Å². The molecule has 0 saturated carbocycles. The highest BCUT2D eigenvalue weighted by molar-refractivity contribution is 9.10. The third-order valence-electron chi connectivity index (χ3n) is 5.61. The molecular weight excluding hydrogens is 489 g/mol. The maximum atomic E-state index is 13.6. The predicted molar refractivity (Wildman–Crippen MR) is 127 cm³/mol. The van der Waals surface area contributed by atoms with E-state index in [4.69, 9.17) is 9.15 Å². The van der Waals surface area contributed by atoms with Crippen molar-refractivity contribution in [3.05, 3.63) is 104 Å². The van der Waals surface area contributed by atoms with Gasteiger partial charge in [-0.25, -0.2) is 4.39 Å². The Morgan fingerprint density at radius 1 is 1.03 bits per heavy atom. The van der Waals surface area contributed by atoms with Gasteiger partial charge in [0.1, 0.15) is 17.1 Å². The van der Waals surface area contributed by atoms with Gasteiger partial charge in [0.05, 0.1) is 23.6 Å². The molecule has 0 spiro atoms. The number of hydrogen-bond acceptors (Lipinski definition) is 4. The Hall–Kier alpha value is -3.45. The summed E-state index contributed by atoms with van der Waals surface area (Å²) < 4.78 is 26.0. The largest absolute Gasteiger partial charge is 0.494 e. The highest BCUT2D eigenvalue weighted by Crippen LogP contribution is 2.41. The first kappa shape index (κ1) is 21.4. The summed E-state index contributed by atoms with van der Waals surface area (Å²) in [4.78, 5) is 28.6. The van der Waals surface area contributed by atoms with Crippen LogP contribution in [0.3, 0.4) is 0 Å². The first-order valence-electron chi connectivity index (χ1n) is 10.6. The summed E-state index contributed by atoms with van der Waals surface area (Å²) in [7, 11) is 0. The molecule has 1 aliphatic heterocycles. The van der Waals surface area contributed by atoms with Crippen LogP contribution < -0.4 is 15.1 Å². The zero-order valence-corrected chi connectivity index (χ0v) is 19.3. The molecule has 3 aromatic carbocycles. The van der Waals surface area contributed by atoms with Crippen LogP contribution in [0.1, 0.15) is 41.1 Å². The van der Waals surface area contributed by atoms with Crippen molar-refractivity contribution < 1.29 is 18.3 Å². The Morgan fingerprint density at radius 2 is 1.76 bits per heavy atom. The number of benzene rings is 3. The summed E-state index contributed by atoms with van der Waals surface area (Å²) in [5, 5.41) is 0.379. The number of ether oxygens (including phenoxy) is 1. The minimum Gasteiger partial charge on any atom is -0.494 e. The van der Waals surface area contributed by atoms with E-state index in [2.05, 4.69) is 15.9 Å². The maximum Gasteiger partial charge on any atom is 0.295 e. The van der Waals surface area contributed by atoms with Crippen LogP contribution in [0.4, 0.5) is 10.1 Å². The van der Waals surface area contributed by atoms with E-state index in [9.17, 15) is 14.0 Å². The number of anilines is 1. The zero-order valence-electron chi connectivity index (χ0n) is 17.7. The van der Waals surface area contributed by atoms with Crippen LogP contribution in [-0.4, -0.2) is 12.5 Å². The normalized spacial score (nSPS) is 15.2. The molecule has 166 valence electrons. The van der Waals surface area contributed by atoms with Gasteiger partial charge in [-0.1, -0.05) is 35.0 Å². The lowest BCUT2D eigenvalue weighted by molar-refractivity contribution is 0.0971. The van der Waals surface area contributed by atoms with E-state index >= 15 is 0 Å². The first-order chi connectivity index (χ1) is 16.0. The molecule has 5 nitrogen and oxygen atoms in total. The van der Waals surface area contributed by atoms with Gasteiger partial charge < -0.3 is 9.15 Å². The van der Waals surface area contributed by atoms with E-state index in [0.717, 1.165) is 16.5 Å². The molecule has 0 saturated heterocycles. The maximum absolute atomic E-state index is 13.6. The fraction of sp³-hybridized carbons (Fsp3) is 0.154. The Morgan fingerprint density at radius 3 is 2.45 bits per heavy atom. The molecule has 1 amide bonds. The van der Waals surface area contributed by atoms with Crippen molar-refractivity contribution >= 4 is 38.5 Å². The molecule has 4 aromatic rings. The highest BCUT2D eigenvalue weighted by atomic mass is 79.9. The molecule has 5 rings (SSSR count). The van der Waals surface area contributed by atoms with E-state index in [1.54, 1.807) is 18.2 Å². The van der Waals surface area contributed by atoms with Gasteiger partial charge in [-0.15, -0.1) is 0 Å². The summed E-state index contributed by atoms with van der Waals surface area (Å²) >= 11 is 3.40. The van der Waals surface area contributed by atoms with Gasteiger partial charge >= 0.3 is 0 Å². The molecule has 7 heteroatoms. The number of amides is 1. The van der Waals surface area contributed by atoms with Gasteiger partial charge in [-0.2, -0.15) is 0 Å². The quantitative estimate of drug-likeness (QED) is 0.321. The van der Waals surface area contributed by atoms with E-state index in [-0.39, 0.29) is 16.8 Å². The van der Waals surface area contributed by atoms with E-state index < -0.39 is 17.8 Å². The number of hydrogen-bond donors (Lipinski definition) is 0. The van der Waals surface area contributed by atoms with Gasteiger partial charge in [0.25, 0.3) is 5.91 Å². The first-order valence-corrected chi connectivity index (χ1v) is 11.4. The Kier molecular flexibility index (Phi) is 5.50. The summed E-state index contributed by atoms with van der Waals surface area (Å²) in [6.45, 7) is 2.62. The summed E-state index contributed by atoms with van der Waals surface area (Å²) in [6.07, 6.45) is 0.883. The Balaban J connectivity index is 1.72. The number of rotatable bonds is 5. The molecule has 1 unspecified atom stereocenters. The van der Waals surface area contributed by atoms with Gasteiger partial charge in [-0.05, 0) is 66.6 Å². The van der Waals surface area contributed by atoms with Crippen molar-refractivity contribution in [3.63, 3.8) is 0 Å². The molecule has 0 bridgehead atoms. The summed E-state index contributed by atoms with van der Waals surface area (Å²) in [5.41, 5.74) is 1.50. The van der Waals surface area contributed by atoms with Crippen LogP contribution >= 0.6 is 15.9 Å². The zero-order chi connectivity index (χ0) is 23.1. The topological polar surface area (TPSA) is 59.8 Å². The third-order valence-corrected chi connectivity index (χ3v) is 6.10. The van der Waals surface area contributed by atoms with E-state index in [1.807, 2.05) is 31.2 Å². The van der Waals surface area contributed by atoms with Gasteiger partial charge in [0.2, 0.25) is 5.76 Å². The van der Waals surface area contributed by atoms with Crippen molar-refractivity contribution in [2.24, 2.45) is 0 Å². The number of nitrogens with zero attached hydrogens (tertiary/aromatic N) is 1. The molecule has 1 aromatic heterocycles. The average Bonchev–Trinajstić information content (AvgIpc) is 3.11. The van der Waals surface area contributed by atoms with Gasteiger partial charge in [0, 0.05) is 10.2 Å². The Labute approximate surface area is 197 Å². The van der Waals surface area contributed by atoms with Crippen molar-refractivity contribution in [1.82, 2.24) is 0 Å². The fourth-order valence-electron chi connectivity index (χ4n) is 4.09. The number of carbonyl (C=O) groups is 1. The van der Waals surface area contributed by atoms with Gasteiger partial charge in [-0.3, -0.25) is 14.5 Å². The molecule has 0 aliphatic carbocycles. The Bertz CT molecular complexity index is 1410. The lowest BCUT2D eigenvalue weighted by Gasteiger charge is -2.25. The second-order valence-corrected chi connectivity index (χ2v) is 8.70. The fourth-order valence-corrected chi connectivity index (χ4v) is 4.46. The van der Waals surface area contributed by atoms with Crippen molar-refractivity contribution in [2.75, 3.05) is 11.5 Å². The van der Waals surface area contributed by atoms with Crippen LogP contribution in [0.15, 0.2) is 80.4 Å². The lowest BCUT2D eigenvalue weighted by Crippen LogP contribution is -2.29. The third kappa shape index (κ3) is 3.72. The summed E-state index contributed by atoms with van der Waals surface area (Å²) in [5.74, 6) is -0.167. The average molecular weight is 508 g/mol. The van der Waals surface area contributed by atoms with E-state index in [1.165, 1.54) is 29.2 Å². The van der Waals surface area contributed by atoms with Gasteiger partial charge in [0.15, 0.2) is 5.43 Å². The number of halogens is 2. The molecule has 33 heavy (non-hydrogen) atoms. The van der Waals surface area contributed by atoms with Crippen molar-refractivity contribution in [1.29, 1.82) is 0 Å². The smallest absolute Gasteiger partial charge is 0.295 e. The van der Waals surface area contributed by atoms with Crippen LogP contribution in [-0.2, 0) is 0 Å². The molecule has 1 atom stereocenters. The predicted octanol–water partition coefficient (Wildman–Crippen LogP) is 6.23. The monoisotopic (exact) mass is 507 g/mol. The molecular formula is C26H19BrFNO4. The molecule has 0 radical (unpaired) electrons. The van der Waals surface area contributed by atoms with Crippen LogP contribution in [0.25, 0.3) is 11.0 Å². The number of fused-ring (bicyclic) bond motifs is 2. The summed E-state index contributed by atoms with van der Waals surface area (Å²) in [6, 6.07) is 17.3. The second kappa shape index (κ2) is 8.48. The highest BCUT2D eigenvalue weighted by Gasteiger charge is 2.43. The SMILES string of the molecule is CCCOc1ccc(C2c3c(oc4ccc(Br)cc4c3=O)C(=O)N2c2ccc(F)cc2)cc1.